The number of carbonyl (C=O) groups excluding carboxylic acids is 1. The maximum atomic E-state index is 13.4. The zero-order valence-electron chi connectivity index (χ0n) is 18.5. The van der Waals surface area contributed by atoms with Crippen LogP contribution >= 0.6 is 0 Å². The molecule has 0 fully saturated rings. The van der Waals surface area contributed by atoms with Gasteiger partial charge in [0.25, 0.3) is 15.9 Å². The Bertz CT molecular complexity index is 1390. The summed E-state index contributed by atoms with van der Waals surface area (Å²) >= 11 is 0. The molecule has 0 bridgehead atoms. The van der Waals surface area contributed by atoms with E-state index < -0.39 is 15.9 Å². The minimum absolute atomic E-state index is 0.0111. The Hall–Kier alpha value is -4.25. The van der Waals surface area contributed by atoms with Gasteiger partial charge in [0.05, 0.1) is 28.9 Å². The van der Waals surface area contributed by atoms with Crippen molar-refractivity contribution in [3.05, 3.63) is 85.1 Å². The van der Waals surface area contributed by atoms with Crippen LogP contribution in [0.15, 0.2) is 84.4 Å². The van der Waals surface area contributed by atoms with E-state index in [0.29, 0.717) is 11.4 Å². The number of rotatable bonds is 8. The number of hydrogen-bond donors (Lipinski definition) is 1. The molecule has 0 saturated carbocycles. The molecule has 0 aliphatic carbocycles. The topological polar surface area (TPSA) is 119 Å². The van der Waals surface area contributed by atoms with E-state index in [2.05, 4.69) is 20.4 Å². The third-order valence-corrected chi connectivity index (χ3v) is 6.90. The third kappa shape index (κ3) is 4.46. The van der Waals surface area contributed by atoms with E-state index in [-0.39, 0.29) is 28.5 Å². The van der Waals surface area contributed by atoms with Gasteiger partial charge >= 0.3 is 0 Å². The Morgan fingerprint density at radius 2 is 1.91 bits per heavy atom. The first-order chi connectivity index (χ1) is 16.5. The average Bonchev–Trinajstić information content (AvgIpc) is 3.40. The number of ether oxygens (including phenoxy) is 1. The van der Waals surface area contributed by atoms with E-state index >= 15 is 0 Å². The minimum Gasteiger partial charge on any atom is -0.495 e. The summed E-state index contributed by atoms with van der Waals surface area (Å²) in [6.07, 6.45) is 4.29. The first kappa shape index (κ1) is 22.9. The summed E-state index contributed by atoms with van der Waals surface area (Å²) in [6.45, 7) is 1.99. The SMILES string of the molecule is CCN(c1ccccc1)S(=O)(=O)c1ccc(OC)c(NC(=O)c2cccnc2-n2cncn2)c1. The molecular weight excluding hydrogens is 456 g/mol. The highest BCUT2D eigenvalue weighted by molar-refractivity contribution is 7.92. The zero-order chi connectivity index (χ0) is 24.1. The molecule has 4 aromatic rings. The largest absolute Gasteiger partial charge is 0.495 e. The second kappa shape index (κ2) is 9.71. The lowest BCUT2D eigenvalue weighted by Gasteiger charge is -2.23. The Balaban J connectivity index is 1.70. The van der Waals surface area contributed by atoms with Crippen molar-refractivity contribution in [3.8, 4) is 11.6 Å². The number of methoxy groups -OCH3 is 1. The summed E-state index contributed by atoms with van der Waals surface area (Å²) in [5.41, 5.74) is 0.966. The number of hydrogen-bond acceptors (Lipinski definition) is 7. The van der Waals surface area contributed by atoms with E-state index in [1.807, 2.05) is 6.07 Å². The van der Waals surface area contributed by atoms with Gasteiger partial charge in [0, 0.05) is 12.7 Å². The second-order valence-electron chi connectivity index (χ2n) is 7.04. The number of para-hydroxylation sites is 1. The smallest absolute Gasteiger partial charge is 0.264 e. The van der Waals surface area contributed by atoms with Gasteiger partial charge in [-0.05, 0) is 49.4 Å². The fourth-order valence-corrected chi connectivity index (χ4v) is 4.92. The van der Waals surface area contributed by atoms with Crippen LogP contribution in [0.25, 0.3) is 5.82 Å². The van der Waals surface area contributed by atoms with Gasteiger partial charge in [-0.3, -0.25) is 9.10 Å². The second-order valence-corrected chi connectivity index (χ2v) is 8.90. The van der Waals surface area contributed by atoms with Crippen molar-refractivity contribution < 1.29 is 17.9 Å². The minimum atomic E-state index is -3.90. The summed E-state index contributed by atoms with van der Waals surface area (Å²) < 4.78 is 34.9. The van der Waals surface area contributed by atoms with Crippen LogP contribution in [0.1, 0.15) is 17.3 Å². The lowest BCUT2D eigenvalue weighted by molar-refractivity contribution is 0.102. The van der Waals surface area contributed by atoms with Gasteiger partial charge in [0.1, 0.15) is 18.4 Å². The van der Waals surface area contributed by atoms with E-state index in [1.54, 1.807) is 43.3 Å². The van der Waals surface area contributed by atoms with Crippen molar-refractivity contribution in [1.82, 2.24) is 19.7 Å². The molecule has 0 unspecified atom stereocenters. The number of amides is 1. The monoisotopic (exact) mass is 478 g/mol. The standard InChI is InChI=1S/C23H22N6O4S/c1-3-29(17-8-5-4-6-9-17)34(31,32)18-11-12-21(33-2)20(14-18)27-23(30)19-10-7-13-25-22(19)28-16-24-15-26-28/h4-16H,3H2,1-2H3,(H,27,30). The van der Waals surface area contributed by atoms with Crippen molar-refractivity contribution in [1.29, 1.82) is 0 Å². The molecule has 2 aromatic heterocycles. The number of sulfonamides is 1. The summed E-state index contributed by atoms with van der Waals surface area (Å²) in [4.78, 5) is 21.3. The highest BCUT2D eigenvalue weighted by atomic mass is 32.2. The molecule has 0 atom stereocenters. The van der Waals surface area contributed by atoms with Gasteiger partial charge < -0.3 is 10.1 Å². The van der Waals surface area contributed by atoms with Crippen LogP contribution in [0, 0.1) is 0 Å². The fourth-order valence-electron chi connectivity index (χ4n) is 3.42. The molecule has 0 aliphatic rings. The number of carbonyl (C=O) groups is 1. The molecular formula is C23H22N6O4S. The van der Waals surface area contributed by atoms with Crippen molar-refractivity contribution in [2.45, 2.75) is 11.8 Å². The van der Waals surface area contributed by atoms with Crippen molar-refractivity contribution in [2.75, 3.05) is 23.3 Å². The normalized spacial score (nSPS) is 11.1. The molecule has 0 spiro atoms. The van der Waals surface area contributed by atoms with Crippen LogP contribution in [0.4, 0.5) is 11.4 Å². The molecule has 2 heterocycles. The fraction of sp³-hybridized carbons (Fsp3) is 0.130. The van der Waals surface area contributed by atoms with Gasteiger partial charge in [0.2, 0.25) is 0 Å². The first-order valence-electron chi connectivity index (χ1n) is 10.3. The van der Waals surface area contributed by atoms with Crippen LogP contribution in [0.3, 0.4) is 0 Å². The van der Waals surface area contributed by atoms with Crippen LogP contribution < -0.4 is 14.4 Å². The number of anilines is 2. The number of aromatic nitrogens is 4. The predicted octanol–water partition coefficient (Wildman–Crippen LogP) is 3.14. The molecule has 0 saturated heterocycles. The lowest BCUT2D eigenvalue weighted by atomic mass is 10.2. The molecule has 1 amide bonds. The highest BCUT2D eigenvalue weighted by Crippen LogP contribution is 2.31. The average molecular weight is 479 g/mol. The summed E-state index contributed by atoms with van der Waals surface area (Å²) in [7, 11) is -2.47. The van der Waals surface area contributed by atoms with Crippen LogP contribution in [0.5, 0.6) is 5.75 Å². The van der Waals surface area contributed by atoms with E-state index in [1.165, 1.54) is 53.1 Å². The maximum Gasteiger partial charge on any atom is 0.264 e. The Kier molecular flexibility index (Phi) is 6.55. The number of nitrogens with zero attached hydrogens (tertiary/aromatic N) is 5. The summed E-state index contributed by atoms with van der Waals surface area (Å²) in [6, 6.07) is 16.3. The van der Waals surface area contributed by atoms with Crippen molar-refractivity contribution in [3.63, 3.8) is 0 Å². The number of benzene rings is 2. The van der Waals surface area contributed by atoms with E-state index in [9.17, 15) is 13.2 Å². The molecule has 10 nitrogen and oxygen atoms in total. The van der Waals surface area contributed by atoms with Gasteiger partial charge in [-0.1, -0.05) is 18.2 Å². The summed E-state index contributed by atoms with van der Waals surface area (Å²) in [5, 5.41) is 6.77. The Morgan fingerprint density at radius 1 is 1.12 bits per heavy atom. The Labute approximate surface area is 196 Å². The number of nitrogens with one attached hydrogen (secondary N) is 1. The molecule has 0 radical (unpaired) electrons. The highest BCUT2D eigenvalue weighted by Gasteiger charge is 2.25. The van der Waals surface area contributed by atoms with Gasteiger partial charge in [-0.25, -0.2) is 23.1 Å². The van der Waals surface area contributed by atoms with Gasteiger partial charge in [0.15, 0.2) is 5.82 Å². The molecule has 2 aromatic carbocycles. The van der Waals surface area contributed by atoms with Crippen LogP contribution in [-0.4, -0.2) is 47.7 Å². The van der Waals surface area contributed by atoms with Gasteiger partial charge in [-0.2, -0.15) is 5.10 Å². The molecule has 4 rings (SSSR count). The molecule has 34 heavy (non-hydrogen) atoms. The Morgan fingerprint density at radius 3 is 2.59 bits per heavy atom. The van der Waals surface area contributed by atoms with E-state index in [0.717, 1.165) is 0 Å². The first-order valence-corrected chi connectivity index (χ1v) is 11.8. The summed E-state index contributed by atoms with van der Waals surface area (Å²) in [5.74, 6) is 0.0737. The van der Waals surface area contributed by atoms with Crippen molar-refractivity contribution >= 4 is 27.3 Å². The molecule has 174 valence electrons. The molecule has 1 N–H and O–H groups in total. The molecule has 11 heteroatoms. The zero-order valence-corrected chi connectivity index (χ0v) is 19.3. The predicted molar refractivity (Wildman–Crippen MR) is 127 cm³/mol. The van der Waals surface area contributed by atoms with Crippen LogP contribution in [-0.2, 0) is 10.0 Å². The van der Waals surface area contributed by atoms with Crippen molar-refractivity contribution in [2.24, 2.45) is 0 Å². The third-order valence-electron chi connectivity index (χ3n) is 5.01. The quantitative estimate of drug-likeness (QED) is 0.413. The molecule has 0 aliphatic heterocycles. The van der Waals surface area contributed by atoms with Gasteiger partial charge in [-0.15, -0.1) is 0 Å². The maximum absolute atomic E-state index is 13.4. The van der Waals surface area contributed by atoms with E-state index in [4.69, 9.17) is 4.74 Å². The van der Waals surface area contributed by atoms with Crippen LogP contribution in [0.2, 0.25) is 0 Å². The number of pyridine rings is 1. The lowest BCUT2D eigenvalue weighted by Crippen LogP contribution is -2.30.